The van der Waals surface area contributed by atoms with E-state index in [1.165, 1.54) is 12.3 Å². The van der Waals surface area contributed by atoms with Crippen LogP contribution in [0.15, 0.2) is 67.0 Å². The van der Waals surface area contributed by atoms with Gasteiger partial charge in [0.15, 0.2) is 5.75 Å². The van der Waals surface area contributed by atoms with Crippen LogP contribution in [0.3, 0.4) is 0 Å². The number of aliphatic carboxylic acids is 1. The number of hydrogen-bond acceptors (Lipinski definition) is 5. The molecule has 0 unspecified atom stereocenters. The molecule has 8 nitrogen and oxygen atoms in total. The Morgan fingerprint density at radius 3 is 2.62 bits per heavy atom. The number of nitrogens with zero attached hydrogens (tertiary/aromatic N) is 2. The van der Waals surface area contributed by atoms with Gasteiger partial charge in [-0.2, -0.15) is 5.10 Å². The minimum atomic E-state index is -0.976. The van der Waals surface area contributed by atoms with E-state index in [0.29, 0.717) is 34.0 Å². The number of hydrogen-bond donors (Lipinski definition) is 2. The van der Waals surface area contributed by atoms with Crippen LogP contribution in [0.5, 0.6) is 17.2 Å². The second-order valence-electron chi connectivity index (χ2n) is 8.18. The van der Waals surface area contributed by atoms with Gasteiger partial charge in [-0.05, 0) is 55.0 Å². The number of carbonyl (C=O) groups is 2. The standard InChI is InChI=1S/C26H18Cl3N3O5/c27-15-2-1-3-17(10-15)32-13-16(12-30-32)31-25(33)14-4-6-18(7-5-14)37-24-21(28)11-20-19(26(34)35)8-9-36-23(20)22(24)29/h1-7,10-13,19H,8-9H2,(H,31,33)(H,34,35)/t19-/m0/s1. The fraction of sp³-hybridized carbons (Fsp3) is 0.115. The summed E-state index contributed by atoms with van der Waals surface area (Å²) in [6, 6.07) is 15.0. The van der Waals surface area contributed by atoms with Gasteiger partial charge in [0, 0.05) is 16.1 Å². The summed E-state index contributed by atoms with van der Waals surface area (Å²) >= 11 is 18.9. The zero-order valence-electron chi connectivity index (χ0n) is 19.0. The third-order valence-electron chi connectivity index (χ3n) is 5.74. The highest BCUT2D eigenvalue weighted by molar-refractivity contribution is 6.38. The number of halogens is 3. The Bertz CT molecular complexity index is 1500. The lowest BCUT2D eigenvalue weighted by Crippen LogP contribution is -2.21. The van der Waals surface area contributed by atoms with Crippen LogP contribution >= 0.6 is 34.8 Å². The molecule has 0 saturated carbocycles. The number of aromatic nitrogens is 2. The molecule has 0 spiro atoms. The number of carbonyl (C=O) groups excluding carboxylic acids is 1. The lowest BCUT2D eigenvalue weighted by atomic mass is 9.93. The van der Waals surface area contributed by atoms with Gasteiger partial charge in [-0.1, -0.05) is 40.9 Å². The summed E-state index contributed by atoms with van der Waals surface area (Å²) in [5, 5.41) is 17.4. The van der Waals surface area contributed by atoms with Crippen LogP contribution in [-0.4, -0.2) is 33.4 Å². The van der Waals surface area contributed by atoms with Gasteiger partial charge in [0.1, 0.15) is 16.5 Å². The van der Waals surface area contributed by atoms with Gasteiger partial charge in [0.25, 0.3) is 5.91 Å². The number of fused-ring (bicyclic) bond motifs is 1. The molecule has 2 N–H and O–H groups in total. The van der Waals surface area contributed by atoms with Crippen molar-refractivity contribution in [1.82, 2.24) is 9.78 Å². The van der Waals surface area contributed by atoms with E-state index < -0.39 is 11.9 Å². The average molecular weight is 559 g/mol. The van der Waals surface area contributed by atoms with Gasteiger partial charge in [0.05, 0.1) is 41.3 Å². The lowest BCUT2D eigenvalue weighted by molar-refractivity contribution is -0.139. The summed E-state index contributed by atoms with van der Waals surface area (Å²) in [7, 11) is 0. The van der Waals surface area contributed by atoms with E-state index in [4.69, 9.17) is 44.3 Å². The van der Waals surface area contributed by atoms with Crippen LogP contribution in [0.4, 0.5) is 5.69 Å². The maximum Gasteiger partial charge on any atom is 0.311 e. The predicted octanol–water partition coefficient (Wildman–Crippen LogP) is 6.83. The number of anilines is 1. The Hall–Kier alpha value is -3.72. The molecule has 1 atom stereocenters. The molecule has 0 aliphatic carbocycles. The van der Waals surface area contributed by atoms with Crippen molar-refractivity contribution in [2.24, 2.45) is 0 Å². The van der Waals surface area contributed by atoms with Crippen LogP contribution < -0.4 is 14.8 Å². The second-order valence-corrected chi connectivity index (χ2v) is 9.40. The summed E-state index contributed by atoms with van der Waals surface area (Å²) in [5.41, 5.74) is 2.07. The molecule has 0 saturated heterocycles. The average Bonchev–Trinajstić information content (AvgIpc) is 3.35. The summed E-state index contributed by atoms with van der Waals surface area (Å²) in [5.74, 6) is -1.32. The van der Waals surface area contributed by atoms with Gasteiger partial charge in [-0.3, -0.25) is 9.59 Å². The topological polar surface area (TPSA) is 103 Å². The fourth-order valence-electron chi connectivity index (χ4n) is 3.93. The molecule has 5 rings (SSSR count). The molecule has 0 bridgehead atoms. The Kier molecular flexibility index (Phi) is 6.97. The van der Waals surface area contributed by atoms with Crippen molar-refractivity contribution in [2.75, 3.05) is 11.9 Å². The molecule has 188 valence electrons. The van der Waals surface area contributed by atoms with Crippen LogP contribution in [0.2, 0.25) is 15.1 Å². The fourth-order valence-corrected chi connectivity index (χ4v) is 4.72. The first-order valence-electron chi connectivity index (χ1n) is 11.1. The van der Waals surface area contributed by atoms with Gasteiger partial charge < -0.3 is 19.9 Å². The van der Waals surface area contributed by atoms with E-state index in [1.807, 2.05) is 12.1 Å². The van der Waals surface area contributed by atoms with Crippen LogP contribution in [0.25, 0.3) is 5.69 Å². The quantitative estimate of drug-likeness (QED) is 0.269. The number of amides is 1. The van der Waals surface area contributed by atoms with E-state index in [1.54, 1.807) is 47.3 Å². The SMILES string of the molecule is O=C(Nc1cnn(-c2cccc(Cl)c2)c1)c1ccc(Oc2c(Cl)cc3c(c2Cl)OCC[C@@H]3C(=O)O)cc1. The van der Waals surface area contributed by atoms with E-state index in [2.05, 4.69) is 10.4 Å². The molecule has 3 aromatic carbocycles. The number of ether oxygens (including phenoxy) is 2. The lowest BCUT2D eigenvalue weighted by Gasteiger charge is -2.25. The first-order valence-corrected chi connectivity index (χ1v) is 12.2. The Labute approximate surface area is 226 Å². The Balaban J connectivity index is 1.30. The first-order chi connectivity index (χ1) is 17.8. The highest BCUT2D eigenvalue weighted by Gasteiger charge is 2.32. The van der Waals surface area contributed by atoms with E-state index in [9.17, 15) is 14.7 Å². The molecule has 1 aliphatic heterocycles. The molecule has 1 aromatic heterocycles. The minimum Gasteiger partial charge on any atom is -0.492 e. The van der Waals surface area contributed by atoms with Crippen molar-refractivity contribution in [3.63, 3.8) is 0 Å². The van der Waals surface area contributed by atoms with Crippen molar-refractivity contribution >= 4 is 52.4 Å². The molecule has 1 aliphatic rings. The monoisotopic (exact) mass is 557 g/mol. The summed E-state index contributed by atoms with van der Waals surface area (Å²) in [6.45, 7) is 0.215. The van der Waals surface area contributed by atoms with Gasteiger partial charge in [-0.15, -0.1) is 0 Å². The number of carboxylic acids is 1. The molecule has 4 aromatic rings. The highest BCUT2D eigenvalue weighted by Crippen LogP contribution is 2.48. The summed E-state index contributed by atoms with van der Waals surface area (Å²) in [6.07, 6.45) is 3.53. The maximum absolute atomic E-state index is 12.7. The van der Waals surface area contributed by atoms with Crippen LogP contribution in [0, 0.1) is 0 Å². The minimum absolute atomic E-state index is 0.0898. The van der Waals surface area contributed by atoms with Crippen molar-refractivity contribution in [2.45, 2.75) is 12.3 Å². The normalized spacial score (nSPS) is 14.4. The molecule has 2 heterocycles. The van der Waals surface area contributed by atoms with Crippen molar-refractivity contribution in [3.05, 3.63) is 93.2 Å². The largest absolute Gasteiger partial charge is 0.492 e. The van der Waals surface area contributed by atoms with E-state index in [0.717, 1.165) is 5.69 Å². The predicted molar refractivity (Wildman–Crippen MR) is 140 cm³/mol. The molecule has 1 amide bonds. The van der Waals surface area contributed by atoms with Crippen molar-refractivity contribution < 1.29 is 24.2 Å². The maximum atomic E-state index is 12.7. The van der Waals surface area contributed by atoms with Gasteiger partial charge in [0.2, 0.25) is 0 Å². The number of nitrogens with one attached hydrogen (secondary N) is 1. The molecular formula is C26H18Cl3N3O5. The highest BCUT2D eigenvalue weighted by atomic mass is 35.5. The van der Waals surface area contributed by atoms with Crippen LogP contribution in [-0.2, 0) is 4.79 Å². The molecular weight excluding hydrogens is 541 g/mol. The number of rotatable bonds is 6. The van der Waals surface area contributed by atoms with Gasteiger partial charge in [-0.25, -0.2) is 4.68 Å². The zero-order chi connectivity index (χ0) is 26.1. The second kappa shape index (κ2) is 10.3. The first kappa shape index (κ1) is 25.0. The summed E-state index contributed by atoms with van der Waals surface area (Å²) in [4.78, 5) is 24.3. The Morgan fingerprint density at radius 2 is 1.89 bits per heavy atom. The molecule has 37 heavy (non-hydrogen) atoms. The zero-order valence-corrected chi connectivity index (χ0v) is 21.2. The van der Waals surface area contributed by atoms with Crippen molar-refractivity contribution in [1.29, 1.82) is 0 Å². The third kappa shape index (κ3) is 5.22. The van der Waals surface area contributed by atoms with E-state index in [-0.39, 0.29) is 34.1 Å². The number of carboxylic acid groups (broad SMARTS) is 1. The van der Waals surface area contributed by atoms with Crippen molar-refractivity contribution in [3.8, 4) is 22.9 Å². The molecule has 0 fully saturated rings. The molecule has 11 heteroatoms. The van der Waals surface area contributed by atoms with Crippen LogP contribution in [0.1, 0.15) is 28.3 Å². The summed E-state index contributed by atoms with van der Waals surface area (Å²) < 4.78 is 13.1. The van der Waals surface area contributed by atoms with Gasteiger partial charge >= 0.3 is 5.97 Å². The van der Waals surface area contributed by atoms with E-state index >= 15 is 0 Å². The Morgan fingerprint density at radius 1 is 1.11 bits per heavy atom. The smallest absolute Gasteiger partial charge is 0.311 e. The number of benzene rings is 3. The third-order valence-corrected chi connectivity index (χ3v) is 6.60. The molecule has 0 radical (unpaired) electrons.